The normalized spacial score (nSPS) is 12.8. The number of esters is 2. The van der Waals surface area contributed by atoms with Crippen molar-refractivity contribution < 1.29 is 28.6 Å². The predicted octanol–water partition coefficient (Wildman–Crippen LogP) is 3.65. The Balaban J connectivity index is 2.06. The minimum Gasteiger partial charge on any atom is -0.479 e. The van der Waals surface area contributed by atoms with Gasteiger partial charge in [0, 0.05) is 10.7 Å². The van der Waals surface area contributed by atoms with Crippen LogP contribution in [0.2, 0.25) is 5.02 Å². The van der Waals surface area contributed by atoms with Crippen LogP contribution in [-0.4, -0.2) is 42.0 Å². The molecule has 2 atom stereocenters. The fourth-order valence-corrected chi connectivity index (χ4v) is 2.82. The van der Waals surface area contributed by atoms with Crippen LogP contribution >= 0.6 is 11.6 Å². The molecule has 1 aromatic carbocycles. The van der Waals surface area contributed by atoms with Crippen molar-refractivity contribution in [2.45, 2.75) is 39.9 Å². The highest BCUT2D eigenvalue weighted by Gasteiger charge is 2.29. The molecule has 8 heteroatoms. The van der Waals surface area contributed by atoms with E-state index < -0.39 is 29.9 Å². The molecule has 0 bridgehead atoms. The van der Waals surface area contributed by atoms with Gasteiger partial charge >= 0.3 is 11.9 Å². The van der Waals surface area contributed by atoms with E-state index in [9.17, 15) is 14.4 Å². The zero-order chi connectivity index (χ0) is 21.0. The lowest BCUT2D eigenvalue weighted by molar-refractivity contribution is -0.153. The number of carbonyl (C=O) groups is 3. The summed E-state index contributed by atoms with van der Waals surface area (Å²) in [6, 6.07) is 6.52. The van der Waals surface area contributed by atoms with Crippen LogP contribution in [0.25, 0.3) is 0 Å². The summed E-state index contributed by atoms with van der Waals surface area (Å²) in [5.41, 5.74) is 1.45. The van der Waals surface area contributed by atoms with Gasteiger partial charge in [-0.15, -0.1) is 0 Å². The first-order valence-corrected chi connectivity index (χ1v) is 8.97. The number of benzene rings is 1. The number of hydrogen-bond donors (Lipinski definition) is 1. The maximum atomic E-state index is 12.7. The quantitative estimate of drug-likeness (QED) is 0.556. The second-order valence-electron chi connectivity index (χ2n) is 6.27. The minimum atomic E-state index is -1.06. The number of aryl methyl sites for hydroxylation is 1. The fraction of sp³-hybridized carbons (Fsp3) is 0.350. The Hall–Kier alpha value is -2.80. The van der Waals surface area contributed by atoms with Crippen molar-refractivity contribution in [1.82, 2.24) is 4.98 Å². The van der Waals surface area contributed by atoms with E-state index in [4.69, 9.17) is 25.8 Å². The lowest BCUT2D eigenvalue weighted by Crippen LogP contribution is -2.33. The summed E-state index contributed by atoms with van der Waals surface area (Å²) in [4.78, 5) is 39.7. The molecule has 0 unspecified atom stereocenters. The molecule has 2 aromatic rings. The Morgan fingerprint density at radius 2 is 1.64 bits per heavy atom. The highest BCUT2D eigenvalue weighted by atomic mass is 35.5. The molecule has 0 saturated carbocycles. The number of hydrogen-bond acceptors (Lipinski definition) is 6. The molecule has 28 heavy (non-hydrogen) atoms. The molecular weight excluding hydrogens is 386 g/mol. The van der Waals surface area contributed by atoms with Gasteiger partial charge in [0.2, 0.25) is 5.78 Å². The van der Waals surface area contributed by atoms with Crippen molar-refractivity contribution in [1.29, 1.82) is 0 Å². The molecule has 0 radical (unpaired) electrons. The van der Waals surface area contributed by atoms with Crippen LogP contribution in [0.15, 0.2) is 24.3 Å². The number of rotatable bonds is 7. The molecule has 0 saturated heterocycles. The smallest absolute Gasteiger partial charge is 0.347 e. The van der Waals surface area contributed by atoms with Gasteiger partial charge in [-0.25, -0.2) is 9.59 Å². The van der Waals surface area contributed by atoms with Gasteiger partial charge in [-0.1, -0.05) is 11.6 Å². The van der Waals surface area contributed by atoms with Gasteiger partial charge in [0.15, 0.2) is 12.2 Å². The number of carbonyl (C=O) groups excluding carboxylic acids is 3. The Morgan fingerprint density at radius 3 is 2.21 bits per heavy atom. The summed E-state index contributed by atoms with van der Waals surface area (Å²) in [6.07, 6.45) is -1.99. The standard InChI is InChI=1S/C20H22ClNO6/c1-10-16(20(25)26-5)11(2)22-17(10)18(23)12(3)28-19(24)13(4)27-15-8-6-14(21)7-9-15/h6-9,12-13,22H,1-5H3/t12-,13+/m1/s1. The van der Waals surface area contributed by atoms with Gasteiger partial charge in [0.1, 0.15) is 5.75 Å². The summed E-state index contributed by atoms with van der Waals surface area (Å²) in [6.45, 7) is 6.27. The zero-order valence-corrected chi connectivity index (χ0v) is 17.0. The third-order valence-electron chi connectivity index (χ3n) is 4.19. The molecule has 0 fully saturated rings. The van der Waals surface area contributed by atoms with Crippen LogP contribution in [0.4, 0.5) is 0 Å². The molecule has 0 aliphatic rings. The van der Waals surface area contributed by atoms with Gasteiger partial charge in [0.25, 0.3) is 0 Å². The number of aromatic nitrogens is 1. The number of methoxy groups -OCH3 is 1. The second kappa shape index (κ2) is 8.93. The number of nitrogens with one attached hydrogen (secondary N) is 1. The maximum Gasteiger partial charge on any atom is 0.347 e. The average Bonchev–Trinajstić information content (AvgIpc) is 2.96. The van der Waals surface area contributed by atoms with Gasteiger partial charge in [-0.05, 0) is 57.5 Å². The minimum absolute atomic E-state index is 0.199. The maximum absolute atomic E-state index is 12.7. The Labute approximate surface area is 167 Å². The fourth-order valence-electron chi connectivity index (χ4n) is 2.70. The molecule has 0 spiro atoms. The van der Waals surface area contributed by atoms with E-state index in [1.807, 2.05) is 0 Å². The lowest BCUT2D eigenvalue weighted by atomic mass is 10.1. The third-order valence-corrected chi connectivity index (χ3v) is 4.45. The van der Waals surface area contributed by atoms with E-state index in [0.717, 1.165) is 0 Å². The van der Waals surface area contributed by atoms with E-state index in [2.05, 4.69) is 4.98 Å². The number of aromatic amines is 1. The first-order valence-electron chi connectivity index (χ1n) is 8.60. The van der Waals surface area contributed by atoms with Crippen LogP contribution < -0.4 is 4.74 Å². The van der Waals surface area contributed by atoms with Crippen molar-refractivity contribution in [3.05, 3.63) is 51.8 Å². The Bertz CT molecular complexity index is 887. The summed E-state index contributed by atoms with van der Waals surface area (Å²) in [5.74, 6) is -1.24. The van der Waals surface area contributed by atoms with E-state index in [-0.39, 0.29) is 5.69 Å². The monoisotopic (exact) mass is 407 g/mol. The number of H-pyrrole nitrogens is 1. The third kappa shape index (κ3) is 4.72. The van der Waals surface area contributed by atoms with Crippen LogP contribution in [0.3, 0.4) is 0 Å². The van der Waals surface area contributed by atoms with Crippen molar-refractivity contribution in [2.24, 2.45) is 0 Å². The van der Waals surface area contributed by atoms with Crippen molar-refractivity contribution >= 4 is 29.3 Å². The second-order valence-corrected chi connectivity index (χ2v) is 6.71. The SMILES string of the molecule is COC(=O)c1c(C)[nH]c(C(=O)[C@@H](C)OC(=O)[C@H](C)Oc2ccc(Cl)cc2)c1C. The molecular formula is C20H22ClNO6. The number of halogens is 1. The molecule has 2 rings (SSSR count). The summed E-state index contributed by atoms with van der Waals surface area (Å²) < 4.78 is 15.5. The van der Waals surface area contributed by atoms with Crippen molar-refractivity contribution in [3.8, 4) is 5.75 Å². The molecule has 0 aliphatic heterocycles. The molecule has 1 aromatic heterocycles. The first kappa shape index (κ1) is 21.5. The van der Waals surface area contributed by atoms with Gasteiger partial charge in [-0.3, -0.25) is 4.79 Å². The van der Waals surface area contributed by atoms with Gasteiger partial charge < -0.3 is 19.2 Å². The largest absolute Gasteiger partial charge is 0.479 e. The molecule has 1 heterocycles. The van der Waals surface area contributed by atoms with Crippen LogP contribution in [-0.2, 0) is 14.3 Å². The lowest BCUT2D eigenvalue weighted by Gasteiger charge is -2.17. The van der Waals surface area contributed by atoms with Gasteiger partial charge in [0.05, 0.1) is 18.4 Å². The van der Waals surface area contributed by atoms with Gasteiger partial charge in [-0.2, -0.15) is 0 Å². The Morgan fingerprint density at radius 1 is 1.04 bits per heavy atom. The highest BCUT2D eigenvalue weighted by molar-refractivity contribution is 6.30. The van der Waals surface area contributed by atoms with E-state index in [0.29, 0.717) is 27.6 Å². The topological polar surface area (TPSA) is 94.7 Å². The highest BCUT2D eigenvalue weighted by Crippen LogP contribution is 2.21. The molecule has 0 aliphatic carbocycles. The summed E-state index contributed by atoms with van der Waals surface area (Å²) in [5, 5.41) is 0.546. The molecule has 1 N–H and O–H groups in total. The molecule has 0 amide bonds. The number of ether oxygens (including phenoxy) is 3. The predicted molar refractivity (Wildman–Crippen MR) is 103 cm³/mol. The van der Waals surface area contributed by atoms with Crippen LogP contribution in [0, 0.1) is 13.8 Å². The average molecular weight is 408 g/mol. The van der Waals surface area contributed by atoms with E-state index in [1.165, 1.54) is 21.0 Å². The van der Waals surface area contributed by atoms with Crippen molar-refractivity contribution in [2.75, 3.05) is 7.11 Å². The Kier molecular flexibility index (Phi) is 6.85. The summed E-state index contributed by atoms with van der Waals surface area (Å²) >= 11 is 5.81. The molecule has 150 valence electrons. The first-order chi connectivity index (χ1) is 13.1. The molecule has 7 nitrogen and oxygen atoms in total. The van der Waals surface area contributed by atoms with Crippen molar-refractivity contribution in [3.63, 3.8) is 0 Å². The van der Waals surface area contributed by atoms with Crippen LogP contribution in [0.1, 0.15) is 46.0 Å². The summed E-state index contributed by atoms with van der Waals surface area (Å²) in [7, 11) is 1.27. The van der Waals surface area contributed by atoms with E-state index in [1.54, 1.807) is 38.1 Å². The number of ketones is 1. The number of Topliss-reactive ketones (excluding diaryl/α,β-unsaturated/α-hetero) is 1. The van der Waals surface area contributed by atoms with Crippen LogP contribution in [0.5, 0.6) is 5.75 Å². The zero-order valence-electron chi connectivity index (χ0n) is 16.3. The van der Waals surface area contributed by atoms with E-state index >= 15 is 0 Å².